The van der Waals surface area contributed by atoms with Crippen LogP contribution in [0.2, 0.25) is 0 Å². The molecule has 2 aromatic rings. The predicted octanol–water partition coefficient (Wildman–Crippen LogP) is 3.08. The number of benzene rings is 1. The molecule has 4 heteroatoms. The van der Waals surface area contributed by atoms with Gasteiger partial charge in [-0.3, -0.25) is 4.79 Å². The summed E-state index contributed by atoms with van der Waals surface area (Å²) in [5.41, 5.74) is 1.59. The van der Waals surface area contributed by atoms with E-state index >= 15 is 0 Å². The first-order valence-electron chi connectivity index (χ1n) is 6.50. The van der Waals surface area contributed by atoms with E-state index in [0.29, 0.717) is 13.0 Å². The Morgan fingerprint density at radius 3 is 2.68 bits per heavy atom. The molecule has 0 unspecified atom stereocenters. The van der Waals surface area contributed by atoms with Crippen molar-refractivity contribution in [1.29, 1.82) is 0 Å². The fourth-order valence-corrected chi connectivity index (χ4v) is 2.07. The highest BCUT2D eigenvalue weighted by Crippen LogP contribution is 2.16. The minimum Gasteiger partial charge on any atom is -0.460 e. The van der Waals surface area contributed by atoms with Gasteiger partial charge in [-0.05, 0) is 39.8 Å². The molecule has 0 bridgehead atoms. The lowest BCUT2D eigenvalue weighted by Crippen LogP contribution is -2.24. The Morgan fingerprint density at radius 1 is 1.32 bits per heavy atom. The largest absolute Gasteiger partial charge is 0.460 e. The maximum Gasteiger partial charge on any atom is 0.308 e. The first-order chi connectivity index (χ1) is 8.87. The molecule has 0 fully saturated rings. The standard InChI is InChI=1S/C15H20N2O2/c1-11-16-12-7-5-6-8-13(12)17(11)10-9-14(18)19-15(2,3)4/h5-8H,9-10H2,1-4H3. The topological polar surface area (TPSA) is 44.1 Å². The van der Waals surface area contributed by atoms with Crippen molar-refractivity contribution < 1.29 is 9.53 Å². The highest BCUT2D eigenvalue weighted by molar-refractivity contribution is 5.76. The van der Waals surface area contributed by atoms with E-state index in [1.165, 1.54) is 0 Å². The van der Waals surface area contributed by atoms with Gasteiger partial charge < -0.3 is 9.30 Å². The van der Waals surface area contributed by atoms with Crippen LogP contribution in [0.3, 0.4) is 0 Å². The number of hydrogen-bond acceptors (Lipinski definition) is 3. The van der Waals surface area contributed by atoms with Crippen LogP contribution in [-0.2, 0) is 16.1 Å². The average molecular weight is 260 g/mol. The van der Waals surface area contributed by atoms with Crippen LogP contribution >= 0.6 is 0 Å². The van der Waals surface area contributed by atoms with E-state index in [9.17, 15) is 4.79 Å². The third-order valence-corrected chi connectivity index (χ3v) is 2.80. The van der Waals surface area contributed by atoms with Crippen LogP contribution in [0.1, 0.15) is 33.0 Å². The van der Waals surface area contributed by atoms with Crippen LogP contribution in [0.15, 0.2) is 24.3 Å². The molecule has 4 nitrogen and oxygen atoms in total. The Bertz CT molecular complexity index is 594. The zero-order valence-corrected chi connectivity index (χ0v) is 11.9. The Balaban J connectivity index is 2.10. The summed E-state index contributed by atoms with van der Waals surface area (Å²) in [4.78, 5) is 16.2. The number of ether oxygens (including phenoxy) is 1. The minimum absolute atomic E-state index is 0.176. The Hall–Kier alpha value is -1.84. The molecule has 19 heavy (non-hydrogen) atoms. The Labute approximate surface area is 113 Å². The Morgan fingerprint density at radius 2 is 2.00 bits per heavy atom. The molecule has 2 rings (SSSR count). The maximum atomic E-state index is 11.7. The first kappa shape index (κ1) is 13.6. The fraction of sp³-hybridized carbons (Fsp3) is 0.467. The average Bonchev–Trinajstić information content (AvgIpc) is 2.60. The number of imidazole rings is 1. The highest BCUT2D eigenvalue weighted by Gasteiger charge is 2.16. The SMILES string of the molecule is Cc1nc2ccccc2n1CCC(=O)OC(C)(C)C. The fourth-order valence-electron chi connectivity index (χ4n) is 2.07. The lowest BCUT2D eigenvalue weighted by atomic mass is 10.2. The number of hydrogen-bond donors (Lipinski definition) is 0. The second-order valence-corrected chi connectivity index (χ2v) is 5.64. The minimum atomic E-state index is -0.427. The van der Waals surface area contributed by atoms with Crippen LogP contribution < -0.4 is 0 Å². The normalized spacial score (nSPS) is 11.8. The van der Waals surface area contributed by atoms with Crippen molar-refractivity contribution in [3.05, 3.63) is 30.1 Å². The van der Waals surface area contributed by atoms with Crippen molar-refractivity contribution in [3.63, 3.8) is 0 Å². The van der Waals surface area contributed by atoms with Gasteiger partial charge in [0, 0.05) is 6.54 Å². The molecule has 0 saturated carbocycles. The summed E-state index contributed by atoms with van der Waals surface area (Å²) in [5, 5.41) is 0. The van der Waals surface area contributed by atoms with E-state index in [-0.39, 0.29) is 5.97 Å². The molecule has 0 atom stereocenters. The molecule has 102 valence electrons. The van der Waals surface area contributed by atoms with E-state index in [2.05, 4.69) is 9.55 Å². The van der Waals surface area contributed by atoms with Gasteiger partial charge in [0.15, 0.2) is 0 Å². The molecule has 0 aliphatic carbocycles. The molecule has 0 aliphatic rings. The number of carbonyl (C=O) groups excluding carboxylic acids is 1. The summed E-state index contributed by atoms with van der Waals surface area (Å²) in [6.45, 7) is 8.19. The smallest absolute Gasteiger partial charge is 0.308 e. The van der Waals surface area contributed by atoms with E-state index < -0.39 is 5.60 Å². The van der Waals surface area contributed by atoms with Gasteiger partial charge in [0.1, 0.15) is 11.4 Å². The molecular weight excluding hydrogens is 240 g/mol. The summed E-state index contributed by atoms with van der Waals surface area (Å²) in [5.74, 6) is 0.745. The summed E-state index contributed by atoms with van der Waals surface area (Å²) < 4.78 is 7.37. The number of esters is 1. The summed E-state index contributed by atoms with van der Waals surface area (Å²) in [6, 6.07) is 7.94. The number of aryl methyl sites for hydroxylation is 2. The zero-order chi connectivity index (χ0) is 14.0. The number of carbonyl (C=O) groups is 1. The van der Waals surface area contributed by atoms with Crippen molar-refractivity contribution in [2.24, 2.45) is 0 Å². The number of fused-ring (bicyclic) bond motifs is 1. The van der Waals surface area contributed by atoms with Gasteiger partial charge in [0.25, 0.3) is 0 Å². The van der Waals surface area contributed by atoms with Crippen molar-refractivity contribution in [1.82, 2.24) is 9.55 Å². The molecule has 1 aromatic carbocycles. The third kappa shape index (κ3) is 3.34. The van der Waals surface area contributed by atoms with Gasteiger partial charge in [-0.1, -0.05) is 12.1 Å². The molecule has 0 saturated heterocycles. The maximum absolute atomic E-state index is 11.7. The molecule has 0 radical (unpaired) electrons. The number of para-hydroxylation sites is 2. The van der Waals surface area contributed by atoms with Gasteiger partial charge in [-0.15, -0.1) is 0 Å². The summed E-state index contributed by atoms with van der Waals surface area (Å²) >= 11 is 0. The van der Waals surface area contributed by atoms with E-state index in [1.54, 1.807) is 0 Å². The molecular formula is C15H20N2O2. The molecule has 1 aromatic heterocycles. The third-order valence-electron chi connectivity index (χ3n) is 2.80. The van der Waals surface area contributed by atoms with Crippen molar-refractivity contribution in [3.8, 4) is 0 Å². The van der Waals surface area contributed by atoms with Crippen molar-refractivity contribution in [2.75, 3.05) is 0 Å². The van der Waals surface area contributed by atoms with E-state index in [1.807, 2.05) is 52.0 Å². The van der Waals surface area contributed by atoms with Crippen LogP contribution in [0.4, 0.5) is 0 Å². The summed E-state index contributed by atoms with van der Waals surface area (Å²) in [7, 11) is 0. The zero-order valence-electron chi connectivity index (χ0n) is 11.9. The quantitative estimate of drug-likeness (QED) is 0.797. The van der Waals surface area contributed by atoms with Crippen LogP contribution in [0.5, 0.6) is 0 Å². The molecule has 1 heterocycles. The molecule has 0 aliphatic heterocycles. The number of aromatic nitrogens is 2. The lowest BCUT2D eigenvalue weighted by Gasteiger charge is -2.19. The van der Waals surface area contributed by atoms with Gasteiger partial charge in [-0.2, -0.15) is 0 Å². The van der Waals surface area contributed by atoms with Gasteiger partial charge in [0.05, 0.1) is 17.5 Å². The van der Waals surface area contributed by atoms with E-state index in [4.69, 9.17) is 4.74 Å². The van der Waals surface area contributed by atoms with Crippen molar-refractivity contribution >= 4 is 17.0 Å². The molecule has 0 spiro atoms. The van der Waals surface area contributed by atoms with Crippen LogP contribution in [0.25, 0.3) is 11.0 Å². The second kappa shape index (κ2) is 5.03. The molecule has 0 amide bonds. The second-order valence-electron chi connectivity index (χ2n) is 5.64. The number of nitrogens with zero attached hydrogens (tertiary/aromatic N) is 2. The summed E-state index contributed by atoms with van der Waals surface area (Å²) in [6.07, 6.45) is 0.360. The predicted molar refractivity (Wildman–Crippen MR) is 74.9 cm³/mol. The highest BCUT2D eigenvalue weighted by atomic mass is 16.6. The number of rotatable bonds is 3. The van der Waals surface area contributed by atoms with E-state index in [0.717, 1.165) is 16.9 Å². The lowest BCUT2D eigenvalue weighted by molar-refractivity contribution is -0.155. The van der Waals surface area contributed by atoms with Gasteiger partial charge in [-0.25, -0.2) is 4.98 Å². The monoisotopic (exact) mass is 260 g/mol. The molecule has 0 N–H and O–H groups in total. The Kier molecular flexibility index (Phi) is 3.60. The van der Waals surface area contributed by atoms with Gasteiger partial charge in [0.2, 0.25) is 0 Å². The first-order valence-corrected chi connectivity index (χ1v) is 6.50. The van der Waals surface area contributed by atoms with Crippen LogP contribution in [-0.4, -0.2) is 21.1 Å². The van der Waals surface area contributed by atoms with Crippen molar-refractivity contribution in [2.45, 2.75) is 46.3 Å². The van der Waals surface area contributed by atoms with Crippen LogP contribution in [0, 0.1) is 6.92 Å². The van der Waals surface area contributed by atoms with Gasteiger partial charge >= 0.3 is 5.97 Å².